The second kappa shape index (κ2) is 10.3. The lowest BCUT2D eigenvalue weighted by molar-refractivity contribution is 0.0915. The number of nitrogens with zero attached hydrogens (tertiary/aromatic N) is 2. The first-order valence-electron chi connectivity index (χ1n) is 10.9. The summed E-state index contributed by atoms with van der Waals surface area (Å²) in [5, 5.41) is 20.5. The van der Waals surface area contributed by atoms with Crippen LogP contribution < -0.4 is 15.0 Å². The fraction of sp³-hybridized carbons (Fsp3) is 0.296. The Balaban J connectivity index is 1.91. The van der Waals surface area contributed by atoms with E-state index in [-0.39, 0.29) is 29.8 Å². The lowest BCUT2D eigenvalue weighted by Gasteiger charge is -2.17. The number of nitriles is 1. The molecule has 3 aromatic rings. The molecular formula is C27H28N2O5. The summed E-state index contributed by atoms with van der Waals surface area (Å²) in [6.45, 7) is 7.04. The third-order valence-electron chi connectivity index (χ3n) is 5.81. The van der Waals surface area contributed by atoms with Crippen molar-refractivity contribution in [2.75, 3.05) is 13.7 Å². The molecular weight excluding hydrogens is 432 g/mol. The highest BCUT2D eigenvalue weighted by Crippen LogP contribution is 2.27. The molecule has 7 nitrogen and oxygen atoms in total. The van der Waals surface area contributed by atoms with Crippen molar-refractivity contribution in [3.05, 3.63) is 85.7 Å². The number of hydrogen-bond donors (Lipinski definition) is 1. The predicted molar refractivity (Wildman–Crippen MR) is 129 cm³/mol. The van der Waals surface area contributed by atoms with Gasteiger partial charge in [0.1, 0.15) is 23.1 Å². The van der Waals surface area contributed by atoms with Gasteiger partial charge in [0.2, 0.25) is 11.7 Å². The minimum atomic E-state index is -0.631. The summed E-state index contributed by atoms with van der Waals surface area (Å²) in [7, 11) is 1.58. The number of ketones is 1. The molecule has 0 atom stereocenters. The number of ether oxygens (including phenoxy) is 2. The molecule has 0 saturated heterocycles. The van der Waals surface area contributed by atoms with Crippen LogP contribution in [0.15, 0.2) is 41.2 Å². The van der Waals surface area contributed by atoms with E-state index in [1.165, 1.54) is 6.92 Å². The number of Topliss-reactive ketones (excluding diaryl/α,β-unsaturated/α-hetero) is 1. The summed E-state index contributed by atoms with van der Waals surface area (Å²) in [5.74, 6) is 0.340. The van der Waals surface area contributed by atoms with Gasteiger partial charge in [-0.1, -0.05) is 29.8 Å². The van der Waals surface area contributed by atoms with Gasteiger partial charge in [0, 0.05) is 6.54 Å². The highest BCUT2D eigenvalue weighted by atomic mass is 16.5. The van der Waals surface area contributed by atoms with Gasteiger partial charge in [0.05, 0.1) is 12.7 Å². The molecule has 0 spiro atoms. The number of pyridine rings is 1. The van der Waals surface area contributed by atoms with Gasteiger partial charge in [0.15, 0.2) is 6.61 Å². The van der Waals surface area contributed by atoms with Crippen molar-refractivity contribution in [3.63, 3.8) is 0 Å². The number of carbonyl (C=O) groups is 1. The lowest BCUT2D eigenvalue weighted by Crippen LogP contribution is -2.28. The molecule has 0 bridgehead atoms. The highest BCUT2D eigenvalue weighted by Gasteiger charge is 2.24. The molecule has 1 N–H and O–H groups in total. The Labute approximate surface area is 198 Å². The first kappa shape index (κ1) is 24.6. The molecule has 0 unspecified atom stereocenters. The molecule has 7 heteroatoms. The van der Waals surface area contributed by atoms with Gasteiger partial charge in [-0.15, -0.1) is 0 Å². The average molecular weight is 461 g/mol. The summed E-state index contributed by atoms with van der Waals surface area (Å²) in [4.78, 5) is 26.0. The maximum absolute atomic E-state index is 13.1. The van der Waals surface area contributed by atoms with E-state index in [2.05, 4.69) is 0 Å². The molecule has 0 fully saturated rings. The van der Waals surface area contributed by atoms with Crippen LogP contribution in [0.1, 0.15) is 43.7 Å². The minimum Gasteiger partial charge on any atom is -0.497 e. The van der Waals surface area contributed by atoms with Crippen molar-refractivity contribution < 1.29 is 19.4 Å². The standard InChI is InChI=1S/C27H28N2O5/c1-16-12-17(2)25(18(3)13-16)34-15-23(30)24-19(4)22(14-28)26(31)29(27(24)32)11-10-20-6-8-21(33-5)9-7-20/h6-9,12-13,32H,10-11,15H2,1-5H3. The summed E-state index contributed by atoms with van der Waals surface area (Å²) < 4.78 is 12.0. The zero-order valence-corrected chi connectivity index (χ0v) is 20.1. The van der Waals surface area contributed by atoms with Gasteiger partial charge in [-0.05, 0) is 68.5 Å². The van der Waals surface area contributed by atoms with Crippen LogP contribution in [-0.4, -0.2) is 29.2 Å². The second-order valence-corrected chi connectivity index (χ2v) is 8.30. The first-order valence-corrected chi connectivity index (χ1v) is 10.9. The molecule has 2 aromatic carbocycles. The highest BCUT2D eigenvalue weighted by molar-refractivity contribution is 6.01. The van der Waals surface area contributed by atoms with Crippen LogP contribution in [0.5, 0.6) is 17.4 Å². The smallest absolute Gasteiger partial charge is 0.271 e. The fourth-order valence-corrected chi connectivity index (χ4v) is 4.13. The molecule has 0 amide bonds. The maximum atomic E-state index is 13.1. The van der Waals surface area contributed by atoms with E-state index in [9.17, 15) is 20.0 Å². The van der Waals surface area contributed by atoms with Gasteiger partial charge in [-0.3, -0.25) is 14.2 Å². The molecule has 3 rings (SSSR count). The van der Waals surface area contributed by atoms with E-state index < -0.39 is 17.2 Å². The van der Waals surface area contributed by atoms with Crippen LogP contribution in [-0.2, 0) is 13.0 Å². The summed E-state index contributed by atoms with van der Waals surface area (Å²) in [5.41, 5.74) is 3.07. The van der Waals surface area contributed by atoms with Crippen LogP contribution in [0, 0.1) is 39.0 Å². The number of aromatic nitrogens is 1. The van der Waals surface area contributed by atoms with E-state index in [4.69, 9.17) is 9.47 Å². The van der Waals surface area contributed by atoms with Crippen molar-refractivity contribution in [1.29, 1.82) is 5.26 Å². The molecule has 0 radical (unpaired) electrons. The van der Waals surface area contributed by atoms with Gasteiger partial charge in [-0.25, -0.2) is 0 Å². The predicted octanol–water partition coefficient (Wildman–Crippen LogP) is 4.17. The third kappa shape index (κ3) is 4.96. The summed E-state index contributed by atoms with van der Waals surface area (Å²) in [6, 6.07) is 13.1. The Morgan fingerprint density at radius 2 is 1.71 bits per heavy atom. The van der Waals surface area contributed by atoms with E-state index in [0.29, 0.717) is 17.9 Å². The Hall–Kier alpha value is -4.05. The van der Waals surface area contributed by atoms with Gasteiger partial charge < -0.3 is 14.6 Å². The largest absolute Gasteiger partial charge is 0.497 e. The number of rotatable bonds is 8. The number of methoxy groups -OCH3 is 1. The van der Waals surface area contributed by atoms with Crippen molar-refractivity contribution in [1.82, 2.24) is 4.57 Å². The van der Waals surface area contributed by atoms with Crippen molar-refractivity contribution in [3.8, 4) is 23.4 Å². The number of aryl methyl sites for hydroxylation is 4. The summed E-state index contributed by atoms with van der Waals surface area (Å²) >= 11 is 0. The summed E-state index contributed by atoms with van der Waals surface area (Å²) in [6.07, 6.45) is 0.414. The molecule has 1 aromatic heterocycles. The van der Waals surface area contributed by atoms with Crippen LogP contribution in [0.25, 0.3) is 0 Å². The zero-order chi connectivity index (χ0) is 25.0. The topological polar surface area (TPSA) is 102 Å². The number of benzene rings is 2. The molecule has 1 heterocycles. The third-order valence-corrected chi connectivity index (χ3v) is 5.81. The Bertz CT molecular complexity index is 1310. The quantitative estimate of drug-likeness (QED) is 0.506. The first-order chi connectivity index (χ1) is 16.2. The SMILES string of the molecule is COc1ccc(CCn2c(O)c(C(=O)COc3c(C)cc(C)cc3C)c(C)c(C#N)c2=O)cc1. The number of aromatic hydroxyl groups is 1. The fourth-order valence-electron chi connectivity index (χ4n) is 4.13. The molecule has 0 aliphatic rings. The van der Waals surface area contributed by atoms with Crippen molar-refractivity contribution in [2.24, 2.45) is 0 Å². The normalized spacial score (nSPS) is 10.6. The number of hydrogen-bond acceptors (Lipinski definition) is 6. The van der Waals surface area contributed by atoms with Gasteiger partial charge in [0.25, 0.3) is 5.56 Å². The molecule has 0 aliphatic heterocycles. The van der Waals surface area contributed by atoms with Crippen LogP contribution >= 0.6 is 0 Å². The average Bonchev–Trinajstić information content (AvgIpc) is 2.79. The molecule has 34 heavy (non-hydrogen) atoms. The lowest BCUT2D eigenvalue weighted by atomic mass is 10.0. The van der Waals surface area contributed by atoms with Gasteiger partial charge in [-0.2, -0.15) is 5.26 Å². The Morgan fingerprint density at radius 1 is 1.09 bits per heavy atom. The van der Waals surface area contributed by atoms with Crippen LogP contribution in [0.4, 0.5) is 0 Å². The molecule has 0 saturated carbocycles. The van der Waals surface area contributed by atoms with E-state index in [1.807, 2.05) is 51.1 Å². The number of carbonyl (C=O) groups excluding carboxylic acids is 1. The maximum Gasteiger partial charge on any atom is 0.271 e. The Morgan fingerprint density at radius 3 is 2.26 bits per heavy atom. The van der Waals surface area contributed by atoms with E-state index in [1.54, 1.807) is 19.2 Å². The van der Waals surface area contributed by atoms with Gasteiger partial charge >= 0.3 is 0 Å². The van der Waals surface area contributed by atoms with E-state index >= 15 is 0 Å². The van der Waals surface area contributed by atoms with Crippen molar-refractivity contribution >= 4 is 5.78 Å². The molecule has 176 valence electrons. The zero-order valence-electron chi connectivity index (χ0n) is 20.1. The van der Waals surface area contributed by atoms with E-state index in [0.717, 1.165) is 26.8 Å². The monoisotopic (exact) mass is 460 g/mol. The van der Waals surface area contributed by atoms with Crippen molar-refractivity contribution in [2.45, 2.75) is 40.7 Å². The molecule has 0 aliphatic carbocycles. The second-order valence-electron chi connectivity index (χ2n) is 8.30. The van der Waals surface area contributed by atoms with Crippen LogP contribution in [0.2, 0.25) is 0 Å². The Kier molecular flexibility index (Phi) is 7.42. The van der Waals surface area contributed by atoms with Crippen LogP contribution in [0.3, 0.4) is 0 Å². The minimum absolute atomic E-state index is 0.0756.